The summed E-state index contributed by atoms with van der Waals surface area (Å²) in [6.45, 7) is 3.44. The minimum atomic E-state index is -4.51. The molecule has 1 aromatic heterocycles. The van der Waals surface area contributed by atoms with Gasteiger partial charge in [0.15, 0.2) is 5.95 Å². The molecule has 0 fully saturated rings. The molecule has 0 aliphatic heterocycles. The molecular formula is C19H16F3N3O3S. The summed E-state index contributed by atoms with van der Waals surface area (Å²) in [5, 5.41) is 17.4. The summed E-state index contributed by atoms with van der Waals surface area (Å²) in [6.07, 6.45) is -4.51. The van der Waals surface area contributed by atoms with Gasteiger partial charge in [0.1, 0.15) is 0 Å². The molecule has 152 valence electrons. The fourth-order valence-corrected chi connectivity index (χ4v) is 3.30. The number of aromatic nitrogens is 2. The molecule has 0 bridgehead atoms. The first-order chi connectivity index (χ1) is 13.6. The van der Waals surface area contributed by atoms with Crippen molar-refractivity contribution < 1.29 is 32.3 Å². The van der Waals surface area contributed by atoms with E-state index in [1.54, 1.807) is 12.1 Å². The predicted octanol–water partition coefficient (Wildman–Crippen LogP) is 3.47. The number of nitrogens with one attached hydrogen (secondary N) is 1. The average Bonchev–Trinajstić information content (AvgIpc) is 3.02. The lowest BCUT2D eigenvalue weighted by Gasteiger charge is -2.12. The number of anilines is 1. The molecular weight excluding hydrogens is 407 g/mol. The number of benzene rings is 2. The fourth-order valence-electron chi connectivity index (χ4n) is 2.43. The van der Waals surface area contributed by atoms with E-state index in [-0.39, 0.29) is 10.7 Å². The highest BCUT2D eigenvalue weighted by Crippen LogP contribution is 2.31. The minimum absolute atomic E-state index is 0.0105. The number of hydrogen-bond acceptors (Lipinski definition) is 5. The lowest BCUT2D eigenvalue weighted by molar-refractivity contribution is -0.705. The number of nitrogens with zero attached hydrogens (tertiary/aromatic N) is 2. The van der Waals surface area contributed by atoms with Gasteiger partial charge >= 0.3 is 6.18 Å². The van der Waals surface area contributed by atoms with E-state index >= 15 is 0 Å². The third-order valence-corrected chi connectivity index (χ3v) is 5.10. The van der Waals surface area contributed by atoms with Gasteiger partial charge < -0.3 is 14.9 Å². The quantitative estimate of drug-likeness (QED) is 0.502. The van der Waals surface area contributed by atoms with Gasteiger partial charge in [0.2, 0.25) is 11.6 Å². The Balaban J connectivity index is 1.76. The van der Waals surface area contributed by atoms with Crippen molar-refractivity contribution in [2.45, 2.75) is 30.3 Å². The van der Waals surface area contributed by atoms with E-state index in [2.05, 4.69) is 10.6 Å². The van der Waals surface area contributed by atoms with Crippen LogP contribution in [0.2, 0.25) is 0 Å². The molecule has 0 saturated carbocycles. The second-order valence-electron chi connectivity index (χ2n) is 6.24. The zero-order valence-electron chi connectivity index (χ0n) is 15.4. The molecule has 0 radical (unpaired) electrons. The maximum absolute atomic E-state index is 12.8. The van der Waals surface area contributed by atoms with Crippen LogP contribution in [0.4, 0.5) is 18.9 Å². The van der Waals surface area contributed by atoms with Gasteiger partial charge in [-0.3, -0.25) is 4.79 Å². The number of thioether (sulfide) groups is 1. The van der Waals surface area contributed by atoms with Crippen LogP contribution < -0.4 is 15.1 Å². The van der Waals surface area contributed by atoms with E-state index < -0.39 is 28.8 Å². The van der Waals surface area contributed by atoms with Crippen LogP contribution in [0.15, 0.2) is 58.1 Å². The number of halogens is 3. The number of hydrogen-bond donors (Lipinski definition) is 1. The van der Waals surface area contributed by atoms with Crippen LogP contribution in [0.25, 0.3) is 5.69 Å². The molecule has 0 saturated heterocycles. The Bertz CT molecular complexity index is 1020. The summed E-state index contributed by atoms with van der Waals surface area (Å²) in [6, 6.07) is 11.5. The van der Waals surface area contributed by atoms with E-state index in [9.17, 15) is 23.1 Å². The second kappa shape index (κ2) is 8.16. The Kier molecular flexibility index (Phi) is 5.83. The number of carbonyl (C=O) groups is 1. The molecule has 1 N–H and O–H groups in total. The number of carbonyl (C=O) groups excluding carboxylic acids is 1. The van der Waals surface area contributed by atoms with E-state index in [1.165, 1.54) is 23.7 Å². The van der Waals surface area contributed by atoms with Crippen LogP contribution in [0.3, 0.4) is 0 Å². The highest BCUT2D eigenvalue weighted by molar-refractivity contribution is 8.00. The van der Waals surface area contributed by atoms with Crippen molar-refractivity contribution in [3.8, 4) is 11.6 Å². The Morgan fingerprint density at radius 3 is 2.59 bits per heavy atom. The van der Waals surface area contributed by atoms with Gasteiger partial charge in [-0.2, -0.15) is 13.2 Å². The van der Waals surface area contributed by atoms with Crippen LogP contribution in [-0.4, -0.2) is 16.4 Å². The molecule has 0 aliphatic rings. The molecule has 3 rings (SSSR count). The molecule has 10 heteroatoms. The highest BCUT2D eigenvalue weighted by atomic mass is 32.2. The predicted molar refractivity (Wildman–Crippen MR) is 97.6 cm³/mol. The number of aryl methyl sites for hydroxylation is 1. The van der Waals surface area contributed by atoms with Crippen LogP contribution in [-0.2, 0) is 11.0 Å². The molecule has 1 amide bonds. The number of alkyl halides is 3. The van der Waals surface area contributed by atoms with Gasteiger partial charge in [-0.1, -0.05) is 23.8 Å². The van der Waals surface area contributed by atoms with Crippen molar-refractivity contribution in [3.05, 3.63) is 59.7 Å². The smallest absolute Gasteiger partial charge is 0.416 e. The van der Waals surface area contributed by atoms with Crippen molar-refractivity contribution in [1.82, 2.24) is 5.27 Å². The van der Waals surface area contributed by atoms with Crippen LogP contribution >= 0.6 is 11.8 Å². The molecule has 1 heterocycles. The highest BCUT2D eigenvalue weighted by Gasteiger charge is 2.31. The van der Waals surface area contributed by atoms with Crippen LogP contribution in [0.1, 0.15) is 18.1 Å². The molecule has 0 aliphatic carbocycles. The number of rotatable bonds is 5. The van der Waals surface area contributed by atoms with E-state index in [1.807, 2.05) is 19.1 Å². The fraction of sp³-hybridized carbons (Fsp3) is 0.211. The van der Waals surface area contributed by atoms with E-state index in [0.29, 0.717) is 5.69 Å². The summed E-state index contributed by atoms with van der Waals surface area (Å²) >= 11 is 0.900. The summed E-state index contributed by atoms with van der Waals surface area (Å²) in [5.41, 5.74) is 0.739. The lowest BCUT2D eigenvalue weighted by atomic mass is 10.2. The average molecular weight is 423 g/mol. The molecule has 1 atom stereocenters. The molecule has 29 heavy (non-hydrogen) atoms. The largest absolute Gasteiger partial charge is 0.538 e. The normalized spacial score (nSPS) is 12.6. The van der Waals surface area contributed by atoms with Gasteiger partial charge in [-0.15, -0.1) is 0 Å². The van der Waals surface area contributed by atoms with Gasteiger partial charge in [0.05, 0.1) is 16.1 Å². The molecule has 0 spiro atoms. The first kappa shape index (κ1) is 20.7. The third-order valence-electron chi connectivity index (χ3n) is 3.97. The second-order valence-corrected chi connectivity index (χ2v) is 7.57. The van der Waals surface area contributed by atoms with Gasteiger partial charge in [0, 0.05) is 17.8 Å². The Hall–Kier alpha value is -3.01. The number of amides is 1. The SMILES string of the molecule is Cc1ccc(-[n+]2noc([O-])c2SC(C)C(=O)Nc2cccc(C(F)(F)F)c2)cc1. The first-order valence-corrected chi connectivity index (χ1v) is 9.34. The van der Waals surface area contributed by atoms with Gasteiger partial charge in [-0.05, 0) is 48.5 Å². The van der Waals surface area contributed by atoms with Crippen molar-refractivity contribution in [2.24, 2.45) is 0 Å². The van der Waals surface area contributed by atoms with Gasteiger partial charge in [0.25, 0.3) is 5.03 Å². The molecule has 2 aromatic carbocycles. The van der Waals surface area contributed by atoms with E-state index in [4.69, 9.17) is 4.52 Å². The molecule has 1 unspecified atom stereocenters. The van der Waals surface area contributed by atoms with Crippen molar-refractivity contribution in [1.29, 1.82) is 0 Å². The van der Waals surface area contributed by atoms with Crippen molar-refractivity contribution in [2.75, 3.05) is 5.32 Å². The molecule has 6 nitrogen and oxygen atoms in total. The Morgan fingerprint density at radius 1 is 1.24 bits per heavy atom. The summed E-state index contributed by atoms with van der Waals surface area (Å²) in [5.74, 6) is -1.28. The third kappa shape index (κ3) is 4.89. The Morgan fingerprint density at radius 2 is 1.93 bits per heavy atom. The van der Waals surface area contributed by atoms with Crippen molar-refractivity contribution >= 4 is 23.4 Å². The standard InChI is InChI=1S/C19H16F3N3O3S/c1-11-6-8-15(9-7-11)25-17(18(27)28-24-25)29-12(2)16(26)23-14-5-3-4-13(10-14)19(20,21)22/h3-10,12H,1-2H3,(H-,23,24,26,27). The maximum Gasteiger partial charge on any atom is 0.416 e. The van der Waals surface area contributed by atoms with Gasteiger partial charge in [-0.25, -0.2) is 0 Å². The zero-order valence-corrected chi connectivity index (χ0v) is 16.2. The Labute approximate surface area is 168 Å². The van der Waals surface area contributed by atoms with Crippen LogP contribution in [0, 0.1) is 6.92 Å². The maximum atomic E-state index is 12.8. The van der Waals surface area contributed by atoms with Crippen molar-refractivity contribution in [3.63, 3.8) is 0 Å². The first-order valence-electron chi connectivity index (χ1n) is 8.46. The summed E-state index contributed by atoms with van der Waals surface area (Å²) < 4.78 is 44.4. The monoisotopic (exact) mass is 423 g/mol. The van der Waals surface area contributed by atoms with Crippen LogP contribution in [0.5, 0.6) is 5.95 Å². The summed E-state index contributed by atoms with van der Waals surface area (Å²) in [7, 11) is 0. The summed E-state index contributed by atoms with van der Waals surface area (Å²) in [4.78, 5) is 12.4. The zero-order chi connectivity index (χ0) is 21.2. The topological polar surface area (TPSA) is 82.1 Å². The van der Waals surface area contributed by atoms with E-state index in [0.717, 1.165) is 29.5 Å². The lowest BCUT2D eigenvalue weighted by Crippen LogP contribution is -2.36. The minimum Gasteiger partial charge on any atom is -0.538 e. The molecule has 3 aromatic rings.